The Morgan fingerprint density at radius 1 is 0.875 bits per heavy atom. The molecule has 1 aromatic carbocycles. The van der Waals surface area contributed by atoms with Crippen LogP contribution in [0.3, 0.4) is 0 Å². The number of hydrogen-bond acceptors (Lipinski definition) is 7. The van der Waals surface area contributed by atoms with Crippen molar-refractivity contribution < 1.29 is 4.79 Å². The zero-order valence-electron chi connectivity index (χ0n) is 18.0. The number of anilines is 1. The normalized spacial score (nSPS) is 14.6. The van der Waals surface area contributed by atoms with Crippen LogP contribution in [0.25, 0.3) is 22.0 Å². The maximum Gasteiger partial charge on any atom is 0.169 e. The van der Waals surface area contributed by atoms with Gasteiger partial charge in [0.15, 0.2) is 5.78 Å². The number of Topliss-reactive ketones (excluding diaryl/α,β-unsaturated/α-hetero) is 1. The summed E-state index contributed by atoms with van der Waals surface area (Å²) in [5, 5.41) is 2.05. The Balaban J connectivity index is 1.36. The molecule has 0 amide bonds. The Hall–Kier alpha value is -3.71. The van der Waals surface area contributed by atoms with Crippen LogP contribution in [0.2, 0.25) is 0 Å². The van der Waals surface area contributed by atoms with E-state index in [2.05, 4.69) is 42.8 Å². The molecule has 1 saturated heterocycles. The molecule has 1 aliphatic heterocycles. The molecule has 0 aliphatic carbocycles. The highest BCUT2D eigenvalue weighted by atomic mass is 16.1. The van der Waals surface area contributed by atoms with Gasteiger partial charge < -0.3 is 9.80 Å². The van der Waals surface area contributed by atoms with E-state index >= 15 is 0 Å². The number of carbonyl (C=O) groups is 1. The summed E-state index contributed by atoms with van der Waals surface area (Å²) in [4.78, 5) is 35.1. The second kappa shape index (κ2) is 8.80. The first-order valence-corrected chi connectivity index (χ1v) is 10.7. The molecule has 0 atom stereocenters. The lowest BCUT2D eigenvalue weighted by Crippen LogP contribution is -2.44. The molecule has 4 heterocycles. The van der Waals surface area contributed by atoms with E-state index in [9.17, 15) is 4.79 Å². The lowest BCUT2D eigenvalue weighted by atomic mass is 10.0. The van der Waals surface area contributed by atoms with Gasteiger partial charge in [-0.1, -0.05) is 12.1 Å². The fourth-order valence-corrected chi connectivity index (χ4v) is 3.96. The van der Waals surface area contributed by atoms with Crippen LogP contribution in [-0.4, -0.2) is 63.8 Å². The Morgan fingerprint density at radius 3 is 2.56 bits per heavy atom. The number of ketones is 1. The molecule has 0 unspecified atom stereocenters. The fraction of sp³-hybridized carbons (Fsp3) is 0.240. The topological polar surface area (TPSA) is 75.1 Å². The largest absolute Gasteiger partial charge is 0.354 e. The van der Waals surface area contributed by atoms with E-state index in [1.165, 1.54) is 0 Å². The summed E-state index contributed by atoms with van der Waals surface area (Å²) in [6.45, 7) is 3.83. The van der Waals surface area contributed by atoms with Crippen LogP contribution >= 0.6 is 0 Å². The molecule has 5 rings (SSSR count). The highest BCUT2D eigenvalue weighted by Crippen LogP contribution is 2.23. The lowest BCUT2D eigenvalue weighted by Gasteiger charge is -2.33. The SMILES string of the molecule is CN1CCN(c2cc(C(=O)Cc3cc4cc(-c5cnccn5)ccc4cn3)ccn2)CC1. The minimum absolute atomic E-state index is 0.0414. The summed E-state index contributed by atoms with van der Waals surface area (Å²) in [6, 6.07) is 11.8. The van der Waals surface area contributed by atoms with Crippen molar-refractivity contribution >= 4 is 22.4 Å². The number of hydrogen-bond donors (Lipinski definition) is 0. The monoisotopic (exact) mass is 424 g/mol. The first-order chi connectivity index (χ1) is 15.7. The van der Waals surface area contributed by atoms with Crippen LogP contribution in [0.1, 0.15) is 16.1 Å². The van der Waals surface area contributed by atoms with E-state index in [0.29, 0.717) is 5.56 Å². The summed E-state index contributed by atoms with van der Waals surface area (Å²) in [5.74, 6) is 0.906. The van der Waals surface area contributed by atoms with Gasteiger partial charge in [0.25, 0.3) is 0 Å². The average molecular weight is 425 g/mol. The van der Waals surface area contributed by atoms with Gasteiger partial charge in [0, 0.05) is 73.2 Å². The third kappa shape index (κ3) is 4.33. The summed E-state index contributed by atoms with van der Waals surface area (Å²) in [7, 11) is 2.12. The molecule has 1 aliphatic rings. The van der Waals surface area contributed by atoms with Crippen molar-refractivity contribution in [3.63, 3.8) is 0 Å². The maximum absolute atomic E-state index is 13.0. The van der Waals surface area contributed by atoms with Crippen molar-refractivity contribution in [3.8, 4) is 11.3 Å². The molecule has 0 bridgehead atoms. The molecule has 7 nitrogen and oxygen atoms in total. The minimum atomic E-state index is 0.0414. The standard InChI is InChI=1S/C25H24N6O/c1-30-8-10-31(11-9-30)25-14-19(4-5-28-25)24(32)15-22-13-21-12-18(2-3-20(21)16-29-22)23-17-26-6-7-27-23/h2-7,12-14,16-17H,8-11,15H2,1H3. The number of likely N-dealkylation sites (N-methyl/N-ethyl adjacent to an activating group) is 1. The predicted octanol–water partition coefficient (Wildman–Crippen LogP) is 3.26. The highest BCUT2D eigenvalue weighted by molar-refractivity contribution is 5.98. The Labute approximate surface area is 186 Å². The van der Waals surface area contributed by atoms with Gasteiger partial charge in [-0.15, -0.1) is 0 Å². The van der Waals surface area contributed by atoms with E-state index < -0.39 is 0 Å². The molecule has 3 aromatic heterocycles. The zero-order chi connectivity index (χ0) is 21.9. The third-order valence-electron chi connectivity index (χ3n) is 5.87. The number of carbonyl (C=O) groups excluding carboxylic acids is 1. The zero-order valence-corrected chi connectivity index (χ0v) is 18.0. The molecule has 160 valence electrons. The molecular formula is C25H24N6O. The van der Waals surface area contributed by atoms with Crippen molar-refractivity contribution in [2.45, 2.75) is 6.42 Å². The summed E-state index contributed by atoms with van der Waals surface area (Å²) < 4.78 is 0. The van der Waals surface area contributed by atoms with Crippen LogP contribution < -0.4 is 4.90 Å². The van der Waals surface area contributed by atoms with Crippen molar-refractivity contribution in [2.75, 3.05) is 38.1 Å². The number of benzene rings is 1. The minimum Gasteiger partial charge on any atom is -0.354 e. The van der Waals surface area contributed by atoms with Gasteiger partial charge in [-0.2, -0.15) is 0 Å². The van der Waals surface area contributed by atoms with Crippen LogP contribution in [0.5, 0.6) is 0 Å². The molecule has 1 fully saturated rings. The first-order valence-electron chi connectivity index (χ1n) is 10.7. The molecule has 32 heavy (non-hydrogen) atoms. The second-order valence-corrected chi connectivity index (χ2v) is 8.12. The van der Waals surface area contributed by atoms with E-state index in [0.717, 1.165) is 59.7 Å². The van der Waals surface area contributed by atoms with Crippen molar-refractivity contribution in [1.82, 2.24) is 24.8 Å². The molecular weight excluding hydrogens is 400 g/mol. The average Bonchev–Trinajstić information content (AvgIpc) is 2.84. The number of piperazine rings is 1. The number of rotatable bonds is 5. The molecule has 0 saturated carbocycles. The highest BCUT2D eigenvalue weighted by Gasteiger charge is 2.17. The van der Waals surface area contributed by atoms with E-state index in [-0.39, 0.29) is 12.2 Å². The Bertz CT molecular complexity index is 1250. The smallest absolute Gasteiger partial charge is 0.169 e. The first kappa shape index (κ1) is 20.2. The summed E-state index contributed by atoms with van der Waals surface area (Å²) >= 11 is 0. The van der Waals surface area contributed by atoms with Crippen molar-refractivity contribution in [3.05, 3.63) is 78.6 Å². The summed E-state index contributed by atoms with van der Waals surface area (Å²) in [6.07, 6.45) is 8.88. The van der Waals surface area contributed by atoms with Gasteiger partial charge in [0.2, 0.25) is 0 Å². The third-order valence-corrected chi connectivity index (χ3v) is 5.87. The maximum atomic E-state index is 13.0. The molecule has 0 radical (unpaired) electrons. The van der Waals surface area contributed by atoms with Gasteiger partial charge in [-0.3, -0.25) is 19.7 Å². The van der Waals surface area contributed by atoms with Crippen LogP contribution in [-0.2, 0) is 6.42 Å². The van der Waals surface area contributed by atoms with Crippen molar-refractivity contribution in [1.29, 1.82) is 0 Å². The van der Waals surface area contributed by atoms with Crippen LogP contribution in [0.15, 0.2) is 67.4 Å². The number of fused-ring (bicyclic) bond motifs is 1. The quantitative estimate of drug-likeness (QED) is 0.455. The fourth-order valence-electron chi connectivity index (χ4n) is 3.96. The van der Waals surface area contributed by atoms with E-state index in [1.807, 2.05) is 30.5 Å². The van der Waals surface area contributed by atoms with Gasteiger partial charge in [-0.05, 0) is 36.7 Å². The van der Waals surface area contributed by atoms with Gasteiger partial charge in [0.05, 0.1) is 18.3 Å². The molecule has 4 aromatic rings. The van der Waals surface area contributed by atoms with Crippen LogP contribution in [0, 0.1) is 0 Å². The van der Waals surface area contributed by atoms with Gasteiger partial charge in [0.1, 0.15) is 5.82 Å². The Kier molecular flexibility index (Phi) is 5.56. The summed E-state index contributed by atoms with van der Waals surface area (Å²) in [5.41, 5.74) is 3.22. The second-order valence-electron chi connectivity index (χ2n) is 8.12. The number of nitrogens with zero attached hydrogens (tertiary/aromatic N) is 6. The van der Waals surface area contributed by atoms with E-state index in [1.54, 1.807) is 30.9 Å². The number of aromatic nitrogens is 4. The molecule has 0 spiro atoms. The Morgan fingerprint density at radius 2 is 1.75 bits per heavy atom. The number of pyridine rings is 2. The lowest BCUT2D eigenvalue weighted by molar-refractivity contribution is 0.0992. The van der Waals surface area contributed by atoms with Gasteiger partial charge in [-0.25, -0.2) is 4.98 Å². The van der Waals surface area contributed by atoms with Gasteiger partial charge >= 0.3 is 0 Å². The predicted molar refractivity (Wildman–Crippen MR) is 125 cm³/mol. The van der Waals surface area contributed by atoms with Crippen molar-refractivity contribution in [2.24, 2.45) is 0 Å². The van der Waals surface area contributed by atoms with Crippen LogP contribution in [0.4, 0.5) is 5.82 Å². The molecule has 0 N–H and O–H groups in total. The van der Waals surface area contributed by atoms with E-state index in [4.69, 9.17) is 0 Å². The molecule has 7 heteroatoms.